The first-order chi connectivity index (χ1) is 32.7. The highest BCUT2D eigenvalue weighted by Crippen LogP contribution is 2.51. The van der Waals surface area contributed by atoms with Gasteiger partial charge >= 0.3 is 0 Å². The van der Waals surface area contributed by atoms with Gasteiger partial charge in [-0.1, -0.05) is 117 Å². The average molecular weight is 955 g/mol. The minimum atomic E-state index is -2.69. The Morgan fingerprint density at radius 2 is 1.56 bits per heavy atom. The molecule has 5 aliphatic heterocycles. The number of hydrogen-bond acceptors (Lipinski definition) is 6. The number of rotatable bonds is 17. The monoisotopic (exact) mass is 954 g/mol. The van der Waals surface area contributed by atoms with Crippen LogP contribution < -0.4 is 10.2 Å². The molecule has 0 aliphatic carbocycles. The van der Waals surface area contributed by atoms with Crippen LogP contribution in [0.4, 0.5) is 14.5 Å². The maximum absolute atomic E-state index is 15.9. The first-order valence-corrected chi connectivity index (χ1v) is 27.3. The summed E-state index contributed by atoms with van der Waals surface area (Å²) < 4.78 is 31.8. The number of allylic oxidation sites excluding steroid dienone is 5. The van der Waals surface area contributed by atoms with Crippen molar-refractivity contribution in [3.8, 4) is 0 Å². The molecule has 4 fully saturated rings. The van der Waals surface area contributed by atoms with Crippen LogP contribution in [0, 0.1) is 23.2 Å². The summed E-state index contributed by atoms with van der Waals surface area (Å²) in [4.78, 5) is 9.32. The summed E-state index contributed by atoms with van der Waals surface area (Å²) in [6.07, 6.45) is 17.9. The number of halogens is 2. The molecule has 2 aromatic carbocycles. The van der Waals surface area contributed by atoms with E-state index in [1.54, 1.807) is 0 Å². The summed E-state index contributed by atoms with van der Waals surface area (Å²) in [5.74, 6) is -0.570. The van der Waals surface area contributed by atoms with Crippen molar-refractivity contribution in [1.29, 1.82) is 0 Å². The second kappa shape index (κ2) is 27.8. The summed E-state index contributed by atoms with van der Waals surface area (Å²) in [5.41, 5.74) is 13.0. The van der Waals surface area contributed by atoms with Crippen molar-refractivity contribution >= 4 is 34.9 Å². The molecule has 0 bridgehead atoms. The first kappa shape index (κ1) is 57.2. The van der Waals surface area contributed by atoms with Crippen molar-refractivity contribution in [3.63, 3.8) is 0 Å². The van der Waals surface area contributed by atoms with Crippen molar-refractivity contribution in [2.75, 3.05) is 76.9 Å². The zero-order chi connectivity index (χ0) is 50.0. The molecule has 1 N–H and O–H groups in total. The summed E-state index contributed by atoms with van der Waals surface area (Å²) in [5, 5.41) is 5.47. The van der Waals surface area contributed by atoms with E-state index in [1.165, 1.54) is 76.9 Å². The quantitative estimate of drug-likeness (QED) is 0.125. The Balaban J connectivity index is 0.000000635. The fourth-order valence-electron chi connectivity index (χ4n) is 10.4. The van der Waals surface area contributed by atoms with Gasteiger partial charge in [-0.15, -0.1) is 6.58 Å². The zero-order valence-electron chi connectivity index (χ0n) is 44.7. The lowest BCUT2D eigenvalue weighted by molar-refractivity contribution is -0.181. The SMILES string of the molecule is C=C(C)CCC(C)C(C)C.C=Cc1cc(N2CC3(CCN(CC4CCN(Cc5c(C=S)cc(C6=CNCCC(CN7CCC7)=C6/C=C\C)cc5CC)CC4)CC3(F)F)C2)ccc1CC.CC.CC. The lowest BCUT2D eigenvalue weighted by atomic mass is 9.68. The second-order valence-corrected chi connectivity index (χ2v) is 20.5. The largest absolute Gasteiger partial charge is 0.390 e. The van der Waals surface area contributed by atoms with E-state index in [4.69, 9.17) is 12.2 Å². The minimum Gasteiger partial charge on any atom is -0.390 e. The molecule has 1 spiro atoms. The highest BCUT2D eigenvalue weighted by molar-refractivity contribution is 7.79. The molecule has 1 atom stereocenters. The number of piperidine rings is 2. The predicted octanol–water partition coefficient (Wildman–Crippen LogP) is 14.5. The molecule has 0 radical (unpaired) electrons. The molecule has 5 nitrogen and oxygen atoms in total. The molecule has 5 aliphatic rings. The molecule has 68 heavy (non-hydrogen) atoms. The van der Waals surface area contributed by atoms with Gasteiger partial charge in [-0.25, -0.2) is 8.78 Å². The van der Waals surface area contributed by atoms with E-state index >= 15 is 8.78 Å². The number of nitrogens with one attached hydrogen (secondary N) is 1. The maximum Gasteiger partial charge on any atom is 0.269 e. The number of anilines is 1. The highest BCUT2D eigenvalue weighted by Gasteiger charge is 2.62. The van der Waals surface area contributed by atoms with Gasteiger partial charge in [0.15, 0.2) is 0 Å². The third-order valence-electron chi connectivity index (χ3n) is 15.3. The van der Waals surface area contributed by atoms with Crippen LogP contribution in [0.5, 0.6) is 0 Å². The van der Waals surface area contributed by atoms with E-state index in [-0.39, 0.29) is 6.54 Å². The number of hydrogen-bond donors (Lipinski definition) is 1. The molecule has 0 amide bonds. The van der Waals surface area contributed by atoms with Crippen molar-refractivity contribution in [1.82, 2.24) is 20.0 Å². The Bertz CT molecular complexity index is 2010. The Kier molecular flexibility index (Phi) is 23.4. The van der Waals surface area contributed by atoms with E-state index in [0.717, 1.165) is 107 Å². The van der Waals surface area contributed by atoms with E-state index in [0.29, 0.717) is 25.4 Å². The standard InChI is InChI=1S/C46H61F2N5S.C10H20.2C2H6/c1-5-10-42-38(28-50-18-9-19-50)13-17-49-26-43(42)39-23-37(8-4)44(40(24-39)30-54)29-51-20-14-34(15-21-51)27-52-22-16-45(46(47,48)33-52)31-53(32-45)41-12-11-35(6-2)36(7-3)25-41;1-8(2)6-7-10(5)9(3)4;2*1-2/h5,7,10-12,23-26,30,34,49H,3,6,8-9,13-22,27-29,31-33H2,1-2,4H3;9-10H,1,6-7H2,2-5H3;2*1-2H3/b10-5-;;;. The molecule has 0 aromatic heterocycles. The smallest absolute Gasteiger partial charge is 0.269 e. The molecule has 5 heterocycles. The van der Waals surface area contributed by atoms with Crippen LogP contribution in [0.2, 0.25) is 0 Å². The first-order valence-electron chi connectivity index (χ1n) is 26.8. The Labute approximate surface area is 420 Å². The molecule has 2 aromatic rings. The van der Waals surface area contributed by atoms with Crippen LogP contribution in [-0.2, 0) is 19.4 Å². The predicted molar refractivity (Wildman–Crippen MR) is 297 cm³/mol. The van der Waals surface area contributed by atoms with E-state index in [9.17, 15) is 0 Å². The normalized spacial score (nSPS) is 20.0. The number of aryl methyl sites for hydroxylation is 2. The van der Waals surface area contributed by atoms with Gasteiger partial charge in [-0.3, -0.25) is 14.7 Å². The summed E-state index contributed by atoms with van der Waals surface area (Å²) >= 11 is 5.68. The van der Waals surface area contributed by atoms with Gasteiger partial charge in [0, 0.05) is 62.1 Å². The van der Waals surface area contributed by atoms with E-state index < -0.39 is 11.3 Å². The van der Waals surface area contributed by atoms with Gasteiger partial charge in [0.1, 0.15) is 0 Å². The molecular formula is C60H93F2N5S. The lowest BCUT2D eigenvalue weighted by Gasteiger charge is -2.58. The van der Waals surface area contributed by atoms with Crippen molar-refractivity contribution in [2.24, 2.45) is 23.2 Å². The fourth-order valence-corrected chi connectivity index (χ4v) is 10.6. The zero-order valence-corrected chi connectivity index (χ0v) is 45.5. The Morgan fingerprint density at radius 1 is 0.882 bits per heavy atom. The fraction of sp³-hybridized carbons (Fsp3) is 0.617. The maximum atomic E-state index is 15.9. The Hall–Kier alpha value is -3.43. The molecule has 1 unspecified atom stereocenters. The van der Waals surface area contributed by atoms with E-state index in [2.05, 4.69) is 135 Å². The number of nitrogens with zero attached hydrogens (tertiary/aromatic N) is 4. The second-order valence-electron chi connectivity index (χ2n) is 20.3. The van der Waals surface area contributed by atoms with Gasteiger partial charge in [0.25, 0.3) is 5.92 Å². The lowest BCUT2D eigenvalue weighted by Crippen LogP contribution is -2.70. The van der Waals surface area contributed by atoms with Crippen LogP contribution in [0.25, 0.3) is 11.6 Å². The molecule has 7 rings (SSSR count). The molecule has 8 heteroatoms. The summed E-state index contributed by atoms with van der Waals surface area (Å²) in [6.45, 7) is 40.8. The number of thiocarbonyl (C=S) groups is 1. The van der Waals surface area contributed by atoms with Crippen LogP contribution in [0.1, 0.15) is 154 Å². The number of alkyl halides is 2. The van der Waals surface area contributed by atoms with Crippen LogP contribution in [0.15, 0.2) is 78.6 Å². The summed E-state index contributed by atoms with van der Waals surface area (Å²) in [6, 6.07) is 11.0. The van der Waals surface area contributed by atoms with E-state index in [1.807, 2.05) is 39.1 Å². The molecule has 378 valence electrons. The van der Waals surface area contributed by atoms with Gasteiger partial charge in [-0.2, -0.15) is 0 Å². The van der Waals surface area contributed by atoms with Gasteiger partial charge < -0.3 is 10.2 Å². The molecule has 0 saturated carbocycles. The molecule has 4 saturated heterocycles. The van der Waals surface area contributed by atoms with Gasteiger partial charge in [-0.05, 0) is 185 Å². The third-order valence-corrected chi connectivity index (χ3v) is 15.6. The molecular weight excluding hydrogens is 861 g/mol. The van der Waals surface area contributed by atoms with Crippen molar-refractivity contribution in [2.45, 2.75) is 146 Å². The van der Waals surface area contributed by atoms with Gasteiger partial charge in [0.2, 0.25) is 0 Å². The average Bonchev–Trinajstić information content (AvgIpc) is 3.52. The van der Waals surface area contributed by atoms with Crippen molar-refractivity contribution in [3.05, 3.63) is 112 Å². The third kappa shape index (κ3) is 14.8. The minimum absolute atomic E-state index is 0.116. The number of likely N-dealkylation sites (tertiary alicyclic amines) is 3. The van der Waals surface area contributed by atoms with Crippen molar-refractivity contribution < 1.29 is 8.78 Å². The number of benzene rings is 2. The Morgan fingerprint density at radius 3 is 2.12 bits per heavy atom. The topological polar surface area (TPSA) is 25.0 Å². The summed E-state index contributed by atoms with van der Waals surface area (Å²) in [7, 11) is 0. The van der Waals surface area contributed by atoms with Crippen LogP contribution in [0.3, 0.4) is 0 Å². The van der Waals surface area contributed by atoms with Crippen LogP contribution >= 0.6 is 12.2 Å². The highest BCUT2D eigenvalue weighted by atomic mass is 32.1. The van der Waals surface area contributed by atoms with Crippen LogP contribution in [-0.4, -0.2) is 98.0 Å². The van der Waals surface area contributed by atoms with Gasteiger partial charge in [0.05, 0.1) is 12.0 Å².